The molecule has 1 aromatic rings. The molecule has 16 heavy (non-hydrogen) atoms. The van der Waals surface area contributed by atoms with E-state index in [0.29, 0.717) is 12.2 Å². The number of Topliss-reactive ketones (excluding diaryl/α,β-unsaturated/α-hetero) is 1. The molecule has 1 aromatic heterocycles. The lowest BCUT2D eigenvalue weighted by molar-refractivity contribution is -0.122. The molecule has 0 bridgehead atoms. The van der Waals surface area contributed by atoms with Crippen LogP contribution in [0, 0.1) is 12.8 Å². The Labute approximate surface area is 98.1 Å². The Morgan fingerprint density at radius 1 is 1.38 bits per heavy atom. The van der Waals surface area contributed by atoms with E-state index in [0.717, 1.165) is 17.7 Å². The molecule has 0 aliphatic heterocycles. The van der Waals surface area contributed by atoms with E-state index in [1.807, 2.05) is 33.0 Å². The topological polar surface area (TPSA) is 30.0 Å². The highest BCUT2D eigenvalue weighted by Crippen LogP contribution is 2.24. The van der Waals surface area contributed by atoms with Crippen LogP contribution in [-0.2, 0) is 4.79 Å². The number of hydrogen-bond donors (Lipinski definition) is 0. The van der Waals surface area contributed by atoms with E-state index in [1.165, 1.54) is 0 Å². The summed E-state index contributed by atoms with van der Waals surface area (Å²) >= 11 is 0. The number of carbonyl (C=O) groups excluding carboxylic acids is 1. The summed E-state index contributed by atoms with van der Waals surface area (Å²) in [6, 6.07) is 4.07. The predicted molar refractivity (Wildman–Crippen MR) is 66.5 cm³/mol. The molecule has 0 aromatic carbocycles. The van der Waals surface area contributed by atoms with Gasteiger partial charge in [0.1, 0.15) is 5.78 Å². The number of carbonyl (C=O) groups is 1. The van der Waals surface area contributed by atoms with Crippen molar-refractivity contribution in [1.82, 2.24) is 4.98 Å². The van der Waals surface area contributed by atoms with Crippen LogP contribution >= 0.6 is 0 Å². The van der Waals surface area contributed by atoms with Crippen LogP contribution in [0.3, 0.4) is 0 Å². The first-order valence-corrected chi connectivity index (χ1v) is 6.01. The van der Waals surface area contributed by atoms with Crippen LogP contribution in [0.5, 0.6) is 0 Å². The largest absolute Gasteiger partial charge is 0.299 e. The molecule has 0 radical (unpaired) electrons. The number of nitrogens with zero attached hydrogens (tertiary/aromatic N) is 1. The van der Waals surface area contributed by atoms with Crippen molar-refractivity contribution in [3.05, 3.63) is 29.6 Å². The molecule has 2 heteroatoms. The zero-order valence-corrected chi connectivity index (χ0v) is 10.7. The van der Waals surface area contributed by atoms with Crippen LogP contribution in [0.25, 0.3) is 0 Å². The molecular weight excluding hydrogens is 198 g/mol. The summed E-state index contributed by atoms with van der Waals surface area (Å²) in [6.45, 7) is 8.15. The minimum atomic E-state index is 0.0650. The fourth-order valence-corrected chi connectivity index (χ4v) is 1.76. The van der Waals surface area contributed by atoms with Gasteiger partial charge in [0.25, 0.3) is 0 Å². The molecule has 1 heterocycles. The lowest BCUT2D eigenvalue weighted by atomic mass is 9.87. The smallest absolute Gasteiger partial charge is 0.136 e. The van der Waals surface area contributed by atoms with E-state index in [4.69, 9.17) is 0 Å². The van der Waals surface area contributed by atoms with E-state index in [-0.39, 0.29) is 11.8 Å². The number of aromatic nitrogens is 1. The summed E-state index contributed by atoms with van der Waals surface area (Å²) in [5.74, 6) is 0.618. The highest BCUT2D eigenvalue weighted by Gasteiger charge is 2.21. The lowest BCUT2D eigenvalue weighted by Crippen LogP contribution is -2.18. The molecule has 2 nitrogen and oxygen atoms in total. The Morgan fingerprint density at radius 2 is 2.06 bits per heavy atom. The number of hydrogen-bond acceptors (Lipinski definition) is 2. The third-order valence-corrected chi connectivity index (χ3v) is 3.16. The molecule has 88 valence electrons. The molecule has 0 N–H and O–H groups in total. The van der Waals surface area contributed by atoms with Crippen LogP contribution in [0.15, 0.2) is 18.3 Å². The maximum atomic E-state index is 11.8. The van der Waals surface area contributed by atoms with Gasteiger partial charge in [-0.1, -0.05) is 26.8 Å². The Hall–Kier alpha value is -1.18. The van der Waals surface area contributed by atoms with E-state index in [1.54, 1.807) is 0 Å². The normalized spacial score (nSPS) is 14.5. The summed E-state index contributed by atoms with van der Waals surface area (Å²) in [6.07, 6.45) is 3.47. The number of ketones is 1. The molecule has 0 aliphatic rings. The van der Waals surface area contributed by atoms with Crippen LogP contribution in [-0.4, -0.2) is 10.8 Å². The summed E-state index contributed by atoms with van der Waals surface area (Å²) < 4.78 is 0. The highest BCUT2D eigenvalue weighted by molar-refractivity contribution is 5.81. The number of rotatable bonds is 5. The monoisotopic (exact) mass is 219 g/mol. The van der Waals surface area contributed by atoms with Crippen molar-refractivity contribution in [2.75, 3.05) is 0 Å². The maximum Gasteiger partial charge on any atom is 0.136 e. The molecule has 2 unspecified atom stereocenters. The number of pyridine rings is 1. The molecular formula is C14H21NO. The van der Waals surface area contributed by atoms with Crippen molar-refractivity contribution in [2.24, 2.45) is 5.92 Å². The van der Waals surface area contributed by atoms with Crippen LogP contribution in [0.2, 0.25) is 0 Å². The van der Waals surface area contributed by atoms with Crippen LogP contribution in [0.1, 0.15) is 50.8 Å². The van der Waals surface area contributed by atoms with Gasteiger partial charge in [0.2, 0.25) is 0 Å². The summed E-state index contributed by atoms with van der Waals surface area (Å²) in [4.78, 5) is 16.2. The van der Waals surface area contributed by atoms with E-state index in [2.05, 4.69) is 18.0 Å². The summed E-state index contributed by atoms with van der Waals surface area (Å²) in [5, 5.41) is 0. The van der Waals surface area contributed by atoms with Crippen molar-refractivity contribution < 1.29 is 4.79 Å². The summed E-state index contributed by atoms with van der Waals surface area (Å²) in [7, 11) is 0. The Morgan fingerprint density at radius 3 is 2.56 bits per heavy atom. The Bertz CT molecular complexity index is 342. The van der Waals surface area contributed by atoms with Crippen molar-refractivity contribution in [3.8, 4) is 0 Å². The molecule has 2 atom stereocenters. The average molecular weight is 219 g/mol. The molecule has 1 rings (SSSR count). The fraction of sp³-hybridized carbons (Fsp3) is 0.571. The molecule has 0 saturated carbocycles. The minimum absolute atomic E-state index is 0.0650. The first-order chi connectivity index (χ1) is 7.56. The van der Waals surface area contributed by atoms with Gasteiger partial charge < -0.3 is 0 Å². The van der Waals surface area contributed by atoms with E-state index >= 15 is 0 Å². The van der Waals surface area contributed by atoms with E-state index < -0.39 is 0 Å². The second-order valence-corrected chi connectivity index (χ2v) is 4.55. The fourth-order valence-electron chi connectivity index (χ4n) is 1.76. The quantitative estimate of drug-likeness (QED) is 0.758. The first-order valence-electron chi connectivity index (χ1n) is 6.01. The van der Waals surface area contributed by atoms with Crippen molar-refractivity contribution >= 4 is 5.78 Å². The van der Waals surface area contributed by atoms with Crippen molar-refractivity contribution in [2.45, 2.75) is 46.5 Å². The Kier molecular flexibility index (Phi) is 4.66. The predicted octanol–water partition coefficient (Wildman–Crippen LogP) is 3.50. The second-order valence-electron chi connectivity index (χ2n) is 4.55. The van der Waals surface area contributed by atoms with Crippen molar-refractivity contribution in [3.63, 3.8) is 0 Å². The summed E-state index contributed by atoms with van der Waals surface area (Å²) in [5.41, 5.74) is 2.17. The third kappa shape index (κ3) is 3.16. The molecule has 0 aliphatic carbocycles. The van der Waals surface area contributed by atoms with Gasteiger partial charge in [-0.2, -0.15) is 0 Å². The van der Waals surface area contributed by atoms with Gasteiger partial charge in [0.15, 0.2) is 0 Å². The maximum absolute atomic E-state index is 11.8. The number of aryl methyl sites for hydroxylation is 1. The standard InChI is InChI=1S/C14H21NO/c1-5-6-14(16)12(4)11(3)13-8-7-10(2)9-15-13/h7-9,11-12H,5-6H2,1-4H3. The Balaban J connectivity index is 2.73. The zero-order chi connectivity index (χ0) is 12.1. The van der Waals surface area contributed by atoms with Gasteiger partial charge in [-0.3, -0.25) is 9.78 Å². The highest BCUT2D eigenvalue weighted by atomic mass is 16.1. The van der Waals surface area contributed by atoms with Gasteiger partial charge in [0.05, 0.1) is 0 Å². The van der Waals surface area contributed by atoms with Crippen LogP contribution < -0.4 is 0 Å². The van der Waals surface area contributed by atoms with Gasteiger partial charge in [0, 0.05) is 30.1 Å². The van der Waals surface area contributed by atoms with E-state index in [9.17, 15) is 4.79 Å². The first kappa shape index (κ1) is 12.9. The molecule has 0 fully saturated rings. The molecule has 0 saturated heterocycles. The molecule has 0 amide bonds. The lowest BCUT2D eigenvalue weighted by Gasteiger charge is -2.18. The van der Waals surface area contributed by atoms with Gasteiger partial charge in [-0.05, 0) is 25.0 Å². The van der Waals surface area contributed by atoms with Crippen LogP contribution in [0.4, 0.5) is 0 Å². The van der Waals surface area contributed by atoms with Gasteiger partial charge in [-0.15, -0.1) is 0 Å². The SMILES string of the molecule is CCCC(=O)C(C)C(C)c1ccc(C)cn1. The minimum Gasteiger partial charge on any atom is -0.299 e. The van der Waals surface area contributed by atoms with Crippen molar-refractivity contribution in [1.29, 1.82) is 0 Å². The second kappa shape index (κ2) is 5.78. The zero-order valence-electron chi connectivity index (χ0n) is 10.7. The molecule has 0 spiro atoms. The third-order valence-electron chi connectivity index (χ3n) is 3.16. The van der Waals surface area contributed by atoms with Gasteiger partial charge >= 0.3 is 0 Å². The van der Waals surface area contributed by atoms with Gasteiger partial charge in [-0.25, -0.2) is 0 Å². The average Bonchev–Trinajstić information content (AvgIpc) is 2.28.